The number of halogens is 1. The van der Waals surface area contributed by atoms with Crippen LogP contribution in [0.4, 0.5) is 5.69 Å². The summed E-state index contributed by atoms with van der Waals surface area (Å²) in [5, 5.41) is 3.19. The molecule has 3 nitrogen and oxygen atoms in total. The Balaban J connectivity index is 1.87. The molecule has 0 aliphatic heterocycles. The predicted octanol–water partition coefficient (Wildman–Crippen LogP) is 4.31. The number of carbonyl (C=O) groups is 2. The van der Waals surface area contributed by atoms with Crippen LogP contribution in [0.25, 0.3) is 0 Å². The fourth-order valence-electron chi connectivity index (χ4n) is 1.71. The van der Waals surface area contributed by atoms with Gasteiger partial charge in [-0.05, 0) is 31.2 Å². The Labute approximate surface area is 126 Å². The lowest BCUT2D eigenvalue weighted by molar-refractivity contribution is -0.116. The van der Waals surface area contributed by atoms with E-state index in [4.69, 9.17) is 11.6 Å². The molecule has 5 heteroatoms. The second kappa shape index (κ2) is 6.68. The summed E-state index contributed by atoms with van der Waals surface area (Å²) in [6, 6.07) is 10.7. The topological polar surface area (TPSA) is 46.2 Å². The van der Waals surface area contributed by atoms with Crippen molar-refractivity contribution in [1.82, 2.24) is 0 Å². The van der Waals surface area contributed by atoms with Gasteiger partial charge in [0.25, 0.3) is 0 Å². The van der Waals surface area contributed by atoms with Crippen molar-refractivity contribution in [3.63, 3.8) is 0 Å². The fraction of sp³-hybridized carbons (Fsp3) is 0.200. The summed E-state index contributed by atoms with van der Waals surface area (Å²) in [5.41, 5.74) is 0.568. The highest BCUT2D eigenvalue weighted by molar-refractivity contribution is 7.14. The van der Waals surface area contributed by atoms with Crippen LogP contribution < -0.4 is 5.32 Å². The van der Waals surface area contributed by atoms with Gasteiger partial charge in [0.2, 0.25) is 5.91 Å². The number of amides is 1. The number of anilines is 1. The van der Waals surface area contributed by atoms with Gasteiger partial charge in [-0.25, -0.2) is 0 Å². The van der Waals surface area contributed by atoms with Crippen molar-refractivity contribution < 1.29 is 9.59 Å². The molecule has 104 valence electrons. The van der Waals surface area contributed by atoms with Crippen LogP contribution in [-0.4, -0.2) is 11.7 Å². The first-order valence-electron chi connectivity index (χ1n) is 6.20. The van der Waals surface area contributed by atoms with E-state index < -0.39 is 0 Å². The number of benzene rings is 1. The molecule has 0 fully saturated rings. The molecule has 1 amide bonds. The van der Waals surface area contributed by atoms with Gasteiger partial charge in [0, 0.05) is 17.7 Å². The van der Waals surface area contributed by atoms with Crippen molar-refractivity contribution in [2.24, 2.45) is 0 Å². The third-order valence-electron chi connectivity index (χ3n) is 2.74. The zero-order valence-electron chi connectivity index (χ0n) is 11.0. The van der Waals surface area contributed by atoms with Crippen molar-refractivity contribution in [2.75, 3.05) is 5.32 Å². The summed E-state index contributed by atoms with van der Waals surface area (Å²) >= 11 is 7.40. The van der Waals surface area contributed by atoms with Gasteiger partial charge in [0.05, 0.1) is 15.6 Å². The normalized spacial score (nSPS) is 10.3. The van der Waals surface area contributed by atoms with Crippen molar-refractivity contribution in [1.29, 1.82) is 0 Å². The quantitative estimate of drug-likeness (QED) is 0.837. The van der Waals surface area contributed by atoms with Crippen LogP contribution in [-0.2, 0) is 4.79 Å². The summed E-state index contributed by atoms with van der Waals surface area (Å²) in [5.74, 6) is -0.211. The van der Waals surface area contributed by atoms with E-state index in [1.807, 2.05) is 13.0 Å². The molecule has 1 aromatic carbocycles. The molecule has 0 bridgehead atoms. The van der Waals surface area contributed by atoms with Gasteiger partial charge in [-0.15, -0.1) is 11.3 Å². The van der Waals surface area contributed by atoms with Crippen LogP contribution in [0.2, 0.25) is 5.02 Å². The number of Topliss-reactive ketones (excluding diaryl/α,β-unsaturated/α-hetero) is 1. The average molecular weight is 308 g/mol. The SMILES string of the molecule is Cc1ccc(C(=O)CCC(=O)Nc2ccccc2Cl)s1. The molecule has 20 heavy (non-hydrogen) atoms. The van der Waals surface area contributed by atoms with E-state index in [-0.39, 0.29) is 24.5 Å². The van der Waals surface area contributed by atoms with Crippen molar-refractivity contribution in [3.05, 3.63) is 51.2 Å². The minimum absolute atomic E-state index is 0.00240. The van der Waals surface area contributed by atoms with E-state index in [2.05, 4.69) is 5.32 Å². The van der Waals surface area contributed by atoms with E-state index in [0.29, 0.717) is 15.6 Å². The minimum Gasteiger partial charge on any atom is -0.325 e. The Bertz CT molecular complexity index is 636. The molecule has 0 saturated carbocycles. The second-order valence-electron chi connectivity index (χ2n) is 4.36. The zero-order valence-corrected chi connectivity index (χ0v) is 12.6. The standard InChI is InChI=1S/C15H14ClNO2S/c1-10-6-8-14(20-10)13(18)7-9-15(19)17-12-5-3-2-4-11(12)16/h2-6,8H,7,9H2,1H3,(H,17,19). The van der Waals surface area contributed by atoms with Gasteiger partial charge < -0.3 is 5.32 Å². The number of carbonyl (C=O) groups excluding carboxylic acids is 2. The maximum Gasteiger partial charge on any atom is 0.224 e. The molecule has 0 aliphatic rings. The molecule has 0 unspecified atom stereocenters. The predicted molar refractivity (Wildman–Crippen MR) is 82.7 cm³/mol. The van der Waals surface area contributed by atoms with Crippen LogP contribution in [0.5, 0.6) is 0 Å². The Kier molecular flexibility index (Phi) is 4.93. The summed E-state index contributed by atoms with van der Waals surface area (Å²) < 4.78 is 0. The lowest BCUT2D eigenvalue weighted by Crippen LogP contribution is -2.13. The number of para-hydroxylation sites is 1. The van der Waals surface area contributed by atoms with Crippen LogP contribution in [0.15, 0.2) is 36.4 Å². The molecule has 0 atom stereocenters. The molecule has 0 aliphatic carbocycles. The summed E-state index contributed by atoms with van der Waals surface area (Å²) in [6.45, 7) is 1.95. The van der Waals surface area contributed by atoms with E-state index >= 15 is 0 Å². The average Bonchev–Trinajstić information content (AvgIpc) is 2.85. The summed E-state index contributed by atoms with van der Waals surface area (Å²) in [6.07, 6.45) is 0.358. The first-order chi connectivity index (χ1) is 9.56. The largest absolute Gasteiger partial charge is 0.325 e. The van der Waals surface area contributed by atoms with Crippen molar-refractivity contribution in [2.45, 2.75) is 19.8 Å². The molecule has 0 radical (unpaired) electrons. The lowest BCUT2D eigenvalue weighted by atomic mass is 10.2. The summed E-state index contributed by atoms with van der Waals surface area (Å²) in [7, 11) is 0. The smallest absolute Gasteiger partial charge is 0.224 e. The van der Waals surface area contributed by atoms with E-state index in [1.165, 1.54) is 11.3 Å². The highest BCUT2D eigenvalue weighted by atomic mass is 35.5. The minimum atomic E-state index is -0.209. The van der Waals surface area contributed by atoms with Crippen LogP contribution in [0.3, 0.4) is 0 Å². The summed E-state index contributed by atoms with van der Waals surface area (Å²) in [4.78, 5) is 25.5. The molecule has 1 N–H and O–H groups in total. The Hall–Kier alpha value is -1.65. The van der Waals surface area contributed by atoms with Gasteiger partial charge in [-0.1, -0.05) is 23.7 Å². The molecule has 0 saturated heterocycles. The highest BCUT2D eigenvalue weighted by Gasteiger charge is 2.11. The maximum absolute atomic E-state index is 11.9. The number of rotatable bonds is 5. The fourth-order valence-corrected chi connectivity index (χ4v) is 2.73. The maximum atomic E-state index is 11.9. The molecule has 0 spiro atoms. The third kappa shape index (κ3) is 3.92. The number of nitrogens with one attached hydrogen (secondary N) is 1. The zero-order chi connectivity index (χ0) is 14.5. The number of ketones is 1. The van der Waals surface area contributed by atoms with E-state index in [9.17, 15) is 9.59 Å². The van der Waals surface area contributed by atoms with Gasteiger partial charge in [0.1, 0.15) is 0 Å². The highest BCUT2D eigenvalue weighted by Crippen LogP contribution is 2.21. The number of aryl methyl sites for hydroxylation is 1. The Morgan fingerprint density at radius 1 is 1.15 bits per heavy atom. The van der Waals surface area contributed by atoms with Crippen molar-refractivity contribution in [3.8, 4) is 0 Å². The van der Waals surface area contributed by atoms with E-state index in [0.717, 1.165) is 4.88 Å². The monoisotopic (exact) mass is 307 g/mol. The van der Waals surface area contributed by atoms with Gasteiger partial charge in [-0.3, -0.25) is 9.59 Å². The molecule has 1 heterocycles. The van der Waals surface area contributed by atoms with Crippen LogP contribution in [0.1, 0.15) is 27.4 Å². The van der Waals surface area contributed by atoms with Gasteiger partial charge in [0.15, 0.2) is 5.78 Å². The van der Waals surface area contributed by atoms with Crippen LogP contribution in [0, 0.1) is 6.92 Å². The Morgan fingerprint density at radius 3 is 2.55 bits per heavy atom. The molecular weight excluding hydrogens is 294 g/mol. The lowest BCUT2D eigenvalue weighted by Gasteiger charge is -2.06. The Morgan fingerprint density at radius 2 is 1.90 bits per heavy atom. The molecule has 1 aromatic heterocycles. The first kappa shape index (κ1) is 14.8. The molecule has 2 rings (SSSR count). The van der Waals surface area contributed by atoms with E-state index in [1.54, 1.807) is 30.3 Å². The number of hydrogen-bond acceptors (Lipinski definition) is 3. The van der Waals surface area contributed by atoms with Gasteiger partial charge >= 0.3 is 0 Å². The van der Waals surface area contributed by atoms with Crippen molar-refractivity contribution >= 4 is 40.3 Å². The number of hydrogen-bond donors (Lipinski definition) is 1. The molecular formula is C15H14ClNO2S. The third-order valence-corrected chi connectivity index (χ3v) is 4.11. The molecule has 2 aromatic rings. The number of thiophene rings is 1. The first-order valence-corrected chi connectivity index (χ1v) is 7.40. The van der Waals surface area contributed by atoms with Crippen LogP contribution >= 0.6 is 22.9 Å². The van der Waals surface area contributed by atoms with Gasteiger partial charge in [-0.2, -0.15) is 0 Å². The second-order valence-corrected chi connectivity index (χ2v) is 6.06.